The summed E-state index contributed by atoms with van der Waals surface area (Å²) in [6.07, 6.45) is 7.03. The van der Waals surface area contributed by atoms with Crippen LogP contribution in [0.2, 0.25) is 0 Å². The van der Waals surface area contributed by atoms with E-state index in [9.17, 15) is 4.79 Å². The zero-order valence-electron chi connectivity index (χ0n) is 21.3. The van der Waals surface area contributed by atoms with Gasteiger partial charge in [-0.15, -0.1) is 0 Å². The van der Waals surface area contributed by atoms with Crippen LogP contribution in [0.15, 0.2) is 48.6 Å². The molecule has 0 bridgehead atoms. The van der Waals surface area contributed by atoms with Crippen LogP contribution >= 0.6 is 0 Å². The number of rotatable bonds is 14. The van der Waals surface area contributed by atoms with Gasteiger partial charge >= 0.3 is 5.97 Å². The summed E-state index contributed by atoms with van der Waals surface area (Å²) in [6, 6.07) is -1.62. The molecule has 0 rings (SSSR count). The van der Waals surface area contributed by atoms with Crippen LogP contribution in [-0.2, 0) is 4.79 Å². The Balaban J connectivity index is 4.78. The first-order chi connectivity index (χ1) is 13.8. The number of aliphatic carboxylic acids is 1. The minimum absolute atomic E-state index is 0.143. The minimum atomic E-state index is -3.56. The Morgan fingerprint density at radius 1 is 1.00 bits per heavy atom. The molecule has 0 spiro atoms. The van der Waals surface area contributed by atoms with Crippen LogP contribution in [-0.4, -0.2) is 11.1 Å². The minimum Gasteiger partial charge on any atom is -0.481 e. The molecule has 0 saturated carbocycles. The summed E-state index contributed by atoms with van der Waals surface area (Å²) >= 11 is 0. The lowest BCUT2D eigenvalue weighted by Crippen LogP contribution is -1.92. The van der Waals surface area contributed by atoms with Crippen molar-refractivity contribution in [3.05, 3.63) is 48.6 Å². The SMILES string of the molecule is [2H]/C(C/C=C\C/C=C\C/C=C\CCCCC)=C(\[2H])C([2H])([2H])C([2H])([2H])C([2H])([2H])C(=O)O. The first kappa shape index (κ1) is 10.3. The van der Waals surface area contributed by atoms with Crippen molar-refractivity contribution in [1.29, 1.82) is 0 Å². The third kappa shape index (κ3) is 18.4. The summed E-state index contributed by atoms with van der Waals surface area (Å²) in [5, 5.41) is 8.86. The van der Waals surface area contributed by atoms with Crippen LogP contribution in [0.4, 0.5) is 0 Å². The number of hydrogen-bond donors (Lipinski definition) is 1. The molecule has 2 nitrogen and oxygen atoms in total. The Hall–Kier alpha value is -1.57. The topological polar surface area (TPSA) is 37.3 Å². The molecule has 0 radical (unpaired) electrons. The van der Waals surface area contributed by atoms with Crippen molar-refractivity contribution < 1.29 is 20.9 Å². The largest absolute Gasteiger partial charge is 0.481 e. The van der Waals surface area contributed by atoms with Gasteiger partial charge in [-0.05, 0) is 44.8 Å². The van der Waals surface area contributed by atoms with Gasteiger partial charge in [-0.1, -0.05) is 68.3 Å². The highest BCUT2D eigenvalue weighted by Gasteiger charge is 1.92. The highest BCUT2D eigenvalue weighted by Crippen LogP contribution is 2.01. The van der Waals surface area contributed by atoms with E-state index in [4.69, 9.17) is 16.1 Å². The number of carboxylic acids is 1. The maximum Gasteiger partial charge on any atom is 0.303 e. The number of allylic oxidation sites excluding steroid dienone is 8. The molecule has 0 aromatic heterocycles. The molecule has 0 amide bonds. The molecular weight excluding hydrogens is 272 g/mol. The van der Waals surface area contributed by atoms with Crippen LogP contribution in [0.5, 0.6) is 0 Å². The van der Waals surface area contributed by atoms with Gasteiger partial charge < -0.3 is 5.11 Å². The number of carboxylic acid groups (broad SMARTS) is 1. The molecule has 0 atom stereocenters. The standard InChI is InChI=1S/C20H32O2/c1-2-3-4-5-6-7-8-9-10-11-12-13-14-15-16-17-18-19-20(21)22/h6-7,9-10,12-13,15-16H,2-5,8,11,14,17-19H2,1H3,(H,21,22)/b7-6-,10-9-,13-12-,16-15-/i15D,16D,17D2,18D2,19D2. The van der Waals surface area contributed by atoms with E-state index < -0.39 is 37.2 Å². The van der Waals surface area contributed by atoms with E-state index in [1.807, 2.05) is 12.2 Å². The Morgan fingerprint density at radius 2 is 1.64 bits per heavy atom. The normalized spacial score (nSPS) is 20.6. The van der Waals surface area contributed by atoms with Crippen LogP contribution < -0.4 is 0 Å². The van der Waals surface area contributed by atoms with Crippen molar-refractivity contribution in [1.82, 2.24) is 0 Å². The maximum absolute atomic E-state index is 11.0. The quantitative estimate of drug-likeness (QED) is 0.305. The van der Waals surface area contributed by atoms with Crippen LogP contribution in [0.25, 0.3) is 0 Å². The molecule has 0 aliphatic carbocycles. The average molecular weight is 313 g/mol. The van der Waals surface area contributed by atoms with Crippen molar-refractivity contribution in [3.63, 3.8) is 0 Å². The molecule has 22 heavy (non-hydrogen) atoms. The lowest BCUT2D eigenvalue weighted by Gasteiger charge is -1.90. The zero-order chi connectivity index (χ0) is 23.4. The first-order valence-electron chi connectivity index (χ1n) is 11.7. The maximum atomic E-state index is 11.0. The molecule has 0 aliphatic heterocycles. The van der Waals surface area contributed by atoms with Crippen LogP contribution in [0.1, 0.15) is 82.0 Å². The highest BCUT2D eigenvalue weighted by molar-refractivity contribution is 5.66. The highest BCUT2D eigenvalue weighted by atomic mass is 16.4. The number of carbonyl (C=O) groups is 1. The molecule has 0 saturated heterocycles. The summed E-state index contributed by atoms with van der Waals surface area (Å²) < 4.78 is 61.0. The number of hydrogen-bond acceptors (Lipinski definition) is 1. The fourth-order valence-electron chi connectivity index (χ4n) is 1.53. The fourth-order valence-corrected chi connectivity index (χ4v) is 1.53. The summed E-state index contributed by atoms with van der Waals surface area (Å²) in [6.45, 7) is 2.16. The molecule has 2 heteroatoms. The van der Waals surface area contributed by atoms with E-state index in [2.05, 4.69) is 19.1 Å². The van der Waals surface area contributed by atoms with Crippen LogP contribution in [0.3, 0.4) is 0 Å². The van der Waals surface area contributed by atoms with E-state index in [1.165, 1.54) is 19.3 Å². The predicted molar refractivity (Wildman–Crippen MR) is 96.0 cm³/mol. The molecule has 0 unspecified atom stereocenters. The summed E-state index contributed by atoms with van der Waals surface area (Å²) in [5.41, 5.74) is 0. The molecule has 124 valence electrons. The van der Waals surface area contributed by atoms with Crippen LogP contribution in [0, 0.1) is 0 Å². The zero-order valence-corrected chi connectivity index (χ0v) is 13.3. The van der Waals surface area contributed by atoms with Gasteiger partial charge in [0.05, 0.1) is 2.74 Å². The van der Waals surface area contributed by atoms with Gasteiger partial charge in [0.1, 0.15) is 0 Å². The Bertz CT molecular complexity index is 664. The average Bonchev–Trinajstić information content (AvgIpc) is 2.67. The van der Waals surface area contributed by atoms with Crippen molar-refractivity contribution in [2.45, 2.75) is 71.0 Å². The molecular formula is C20H32O2. The Labute approximate surface area is 147 Å². The van der Waals surface area contributed by atoms with Crippen molar-refractivity contribution in [2.24, 2.45) is 0 Å². The monoisotopic (exact) mass is 312 g/mol. The van der Waals surface area contributed by atoms with Gasteiger partial charge in [0, 0.05) is 14.6 Å². The van der Waals surface area contributed by atoms with Gasteiger partial charge in [-0.3, -0.25) is 4.79 Å². The Kier molecular flexibility index (Phi) is 8.15. The third-order valence-corrected chi connectivity index (χ3v) is 2.62. The second-order valence-corrected chi connectivity index (χ2v) is 4.57. The number of unbranched alkanes of at least 4 members (excludes halogenated alkanes) is 3. The second-order valence-electron chi connectivity index (χ2n) is 4.57. The van der Waals surface area contributed by atoms with E-state index >= 15 is 0 Å². The van der Waals surface area contributed by atoms with Gasteiger partial charge in [0.15, 0.2) is 0 Å². The van der Waals surface area contributed by atoms with Crippen molar-refractivity contribution in [2.75, 3.05) is 0 Å². The van der Waals surface area contributed by atoms with E-state index in [-0.39, 0.29) is 6.42 Å². The molecule has 0 heterocycles. The smallest absolute Gasteiger partial charge is 0.303 e. The second kappa shape index (κ2) is 17.5. The van der Waals surface area contributed by atoms with Gasteiger partial charge in [0.25, 0.3) is 0 Å². The fraction of sp³-hybridized carbons (Fsp3) is 0.550. The summed E-state index contributed by atoms with van der Waals surface area (Å²) in [7, 11) is 0. The molecule has 0 fully saturated rings. The molecule has 0 aromatic rings. The van der Waals surface area contributed by atoms with Crippen molar-refractivity contribution >= 4 is 5.97 Å². The predicted octanol–water partition coefficient (Wildman–Crippen LogP) is 6.22. The van der Waals surface area contributed by atoms with E-state index in [0.29, 0.717) is 6.42 Å². The summed E-state index contributed by atoms with van der Waals surface area (Å²) in [5.74, 6) is -2.17. The lowest BCUT2D eigenvalue weighted by molar-refractivity contribution is -0.137. The molecule has 0 aromatic carbocycles. The summed E-state index contributed by atoms with van der Waals surface area (Å²) in [4.78, 5) is 11.0. The van der Waals surface area contributed by atoms with Gasteiger partial charge in [-0.25, -0.2) is 0 Å². The van der Waals surface area contributed by atoms with E-state index in [1.54, 1.807) is 12.2 Å². The lowest BCUT2D eigenvalue weighted by atomic mass is 10.2. The third-order valence-electron chi connectivity index (χ3n) is 2.62. The van der Waals surface area contributed by atoms with Gasteiger partial charge in [-0.2, -0.15) is 0 Å². The van der Waals surface area contributed by atoms with E-state index in [0.717, 1.165) is 12.8 Å². The first-order valence-corrected chi connectivity index (χ1v) is 7.69. The van der Waals surface area contributed by atoms with Crippen molar-refractivity contribution in [3.8, 4) is 0 Å². The Morgan fingerprint density at radius 3 is 2.27 bits per heavy atom. The van der Waals surface area contributed by atoms with Gasteiger partial charge in [0.2, 0.25) is 0 Å². The molecule has 1 N–H and O–H groups in total. The molecule has 0 aliphatic rings.